The quantitative estimate of drug-likeness (QED) is 0.236. The van der Waals surface area contributed by atoms with E-state index < -0.39 is 11.6 Å². The first-order valence-corrected chi connectivity index (χ1v) is 12.0. The highest BCUT2D eigenvalue weighted by atomic mass is 16.5. The van der Waals surface area contributed by atoms with Crippen LogP contribution in [0.15, 0.2) is 87.7 Å². The number of fused-ring (bicyclic) bond motifs is 1. The van der Waals surface area contributed by atoms with Crippen molar-refractivity contribution in [1.82, 2.24) is 4.98 Å². The van der Waals surface area contributed by atoms with E-state index in [1.54, 1.807) is 24.3 Å². The Morgan fingerprint density at radius 2 is 1.59 bits per heavy atom. The molecule has 0 saturated heterocycles. The SMILES string of the molecule is Cc1oc(-c2ccc(-c3cc4ccccc4o3)cc2)nc1CCOc1ccc(OC(C)(C)C(=O)O)cc1. The minimum absolute atomic E-state index is 0.415. The van der Waals surface area contributed by atoms with Gasteiger partial charge in [0.2, 0.25) is 5.89 Å². The van der Waals surface area contributed by atoms with Crippen molar-refractivity contribution in [2.24, 2.45) is 0 Å². The summed E-state index contributed by atoms with van der Waals surface area (Å²) in [7, 11) is 0. The number of aryl methyl sites for hydroxylation is 1. The van der Waals surface area contributed by atoms with E-state index in [9.17, 15) is 9.90 Å². The molecule has 5 rings (SSSR count). The van der Waals surface area contributed by atoms with Crippen LogP contribution in [0.5, 0.6) is 11.5 Å². The highest BCUT2D eigenvalue weighted by Gasteiger charge is 2.29. The molecule has 37 heavy (non-hydrogen) atoms. The molecule has 0 amide bonds. The summed E-state index contributed by atoms with van der Waals surface area (Å²) in [4.78, 5) is 15.9. The number of ether oxygens (including phenoxy) is 2. The zero-order valence-corrected chi connectivity index (χ0v) is 20.9. The topological polar surface area (TPSA) is 94.9 Å². The van der Waals surface area contributed by atoms with Gasteiger partial charge in [-0.2, -0.15) is 0 Å². The van der Waals surface area contributed by atoms with Gasteiger partial charge in [-0.25, -0.2) is 9.78 Å². The highest BCUT2D eigenvalue weighted by Crippen LogP contribution is 2.30. The van der Waals surface area contributed by atoms with Gasteiger partial charge in [-0.15, -0.1) is 0 Å². The molecule has 0 unspecified atom stereocenters. The molecule has 1 N–H and O–H groups in total. The van der Waals surface area contributed by atoms with Crippen molar-refractivity contribution in [2.45, 2.75) is 32.8 Å². The van der Waals surface area contributed by atoms with Crippen LogP contribution >= 0.6 is 0 Å². The summed E-state index contributed by atoms with van der Waals surface area (Å²) in [6.45, 7) is 5.32. The van der Waals surface area contributed by atoms with Gasteiger partial charge in [0.15, 0.2) is 5.60 Å². The number of carboxylic acids is 1. The molecule has 0 radical (unpaired) electrons. The number of rotatable bonds is 9. The first kappa shape index (κ1) is 24.2. The third-order valence-electron chi connectivity index (χ3n) is 6.05. The second-order valence-corrected chi connectivity index (χ2v) is 9.24. The van der Waals surface area contributed by atoms with Crippen molar-refractivity contribution >= 4 is 16.9 Å². The third kappa shape index (κ3) is 5.35. The summed E-state index contributed by atoms with van der Waals surface area (Å²) < 4.78 is 23.2. The minimum atomic E-state index is -1.31. The smallest absolute Gasteiger partial charge is 0.347 e. The summed E-state index contributed by atoms with van der Waals surface area (Å²) in [6.07, 6.45) is 0.580. The average Bonchev–Trinajstić information content (AvgIpc) is 3.48. The molecule has 0 saturated carbocycles. The number of para-hydroxylation sites is 1. The van der Waals surface area contributed by atoms with E-state index in [2.05, 4.69) is 4.98 Å². The first-order valence-electron chi connectivity index (χ1n) is 12.0. The van der Waals surface area contributed by atoms with Crippen molar-refractivity contribution in [3.63, 3.8) is 0 Å². The minimum Gasteiger partial charge on any atom is -0.493 e. The molecule has 3 aromatic carbocycles. The predicted octanol–water partition coefficient (Wildman–Crippen LogP) is 6.93. The van der Waals surface area contributed by atoms with Crippen LogP contribution in [0.3, 0.4) is 0 Å². The van der Waals surface area contributed by atoms with Gasteiger partial charge in [-0.05, 0) is 69.3 Å². The van der Waals surface area contributed by atoms with Gasteiger partial charge < -0.3 is 23.4 Å². The maximum Gasteiger partial charge on any atom is 0.347 e. The van der Waals surface area contributed by atoms with E-state index in [1.807, 2.05) is 61.5 Å². The Morgan fingerprint density at radius 1 is 0.919 bits per heavy atom. The fourth-order valence-corrected chi connectivity index (χ4v) is 3.89. The summed E-state index contributed by atoms with van der Waals surface area (Å²) in [5.41, 5.74) is 2.26. The number of aliphatic carboxylic acids is 1. The summed E-state index contributed by atoms with van der Waals surface area (Å²) in [6, 6.07) is 24.8. The Balaban J connectivity index is 1.19. The van der Waals surface area contributed by atoms with Crippen LogP contribution in [0.4, 0.5) is 0 Å². The largest absolute Gasteiger partial charge is 0.493 e. The molecule has 0 atom stereocenters. The zero-order valence-electron chi connectivity index (χ0n) is 20.9. The number of aromatic nitrogens is 1. The monoisotopic (exact) mass is 497 g/mol. The van der Waals surface area contributed by atoms with Gasteiger partial charge in [0.1, 0.15) is 28.6 Å². The second kappa shape index (κ2) is 9.85. The van der Waals surface area contributed by atoms with Crippen LogP contribution in [-0.2, 0) is 11.2 Å². The number of carboxylic acid groups (broad SMARTS) is 1. The third-order valence-corrected chi connectivity index (χ3v) is 6.05. The van der Waals surface area contributed by atoms with Gasteiger partial charge >= 0.3 is 5.97 Å². The van der Waals surface area contributed by atoms with E-state index in [1.165, 1.54) is 13.8 Å². The predicted molar refractivity (Wildman–Crippen MR) is 140 cm³/mol. The first-order chi connectivity index (χ1) is 17.8. The Morgan fingerprint density at radius 3 is 2.30 bits per heavy atom. The number of hydrogen-bond acceptors (Lipinski definition) is 6. The number of hydrogen-bond donors (Lipinski definition) is 1. The molecule has 0 aliphatic rings. The number of nitrogens with zero attached hydrogens (tertiary/aromatic N) is 1. The number of benzene rings is 3. The molecular formula is C30H27NO6. The Hall–Kier alpha value is -4.52. The van der Waals surface area contributed by atoms with E-state index in [0.717, 1.165) is 39.3 Å². The molecule has 2 heterocycles. The van der Waals surface area contributed by atoms with Crippen LogP contribution < -0.4 is 9.47 Å². The van der Waals surface area contributed by atoms with Gasteiger partial charge in [0.25, 0.3) is 0 Å². The maximum atomic E-state index is 11.2. The lowest BCUT2D eigenvalue weighted by molar-refractivity contribution is -0.152. The second-order valence-electron chi connectivity index (χ2n) is 9.24. The van der Waals surface area contributed by atoms with Gasteiger partial charge in [-0.1, -0.05) is 30.3 Å². The molecule has 188 valence electrons. The highest BCUT2D eigenvalue weighted by molar-refractivity contribution is 5.83. The van der Waals surface area contributed by atoms with Crippen LogP contribution in [0.2, 0.25) is 0 Å². The van der Waals surface area contributed by atoms with Crippen LogP contribution in [0.25, 0.3) is 33.7 Å². The molecule has 5 aromatic rings. The average molecular weight is 498 g/mol. The molecule has 2 aromatic heterocycles. The molecule has 0 spiro atoms. The van der Waals surface area contributed by atoms with Crippen LogP contribution in [0, 0.1) is 6.92 Å². The van der Waals surface area contributed by atoms with Crippen molar-refractivity contribution in [3.05, 3.63) is 90.3 Å². The van der Waals surface area contributed by atoms with Crippen molar-refractivity contribution in [3.8, 4) is 34.3 Å². The van der Waals surface area contributed by atoms with Crippen LogP contribution in [0.1, 0.15) is 25.3 Å². The van der Waals surface area contributed by atoms with E-state index in [4.69, 9.17) is 18.3 Å². The molecule has 0 fully saturated rings. The fourth-order valence-electron chi connectivity index (χ4n) is 3.89. The zero-order chi connectivity index (χ0) is 26.0. The van der Waals surface area contributed by atoms with Crippen molar-refractivity contribution < 1.29 is 28.2 Å². The van der Waals surface area contributed by atoms with E-state index in [0.29, 0.717) is 30.4 Å². The lowest BCUT2D eigenvalue weighted by atomic mass is 10.1. The molecule has 0 aliphatic heterocycles. The summed E-state index contributed by atoms with van der Waals surface area (Å²) in [5.74, 6) is 2.22. The maximum absolute atomic E-state index is 11.2. The molecule has 0 aliphatic carbocycles. The van der Waals surface area contributed by atoms with Crippen molar-refractivity contribution in [2.75, 3.05) is 6.61 Å². The van der Waals surface area contributed by atoms with Crippen LogP contribution in [-0.4, -0.2) is 28.3 Å². The number of oxazole rings is 1. The molecule has 0 bridgehead atoms. The summed E-state index contributed by atoms with van der Waals surface area (Å²) >= 11 is 0. The fraction of sp³-hybridized carbons (Fsp3) is 0.200. The number of carbonyl (C=O) groups is 1. The van der Waals surface area contributed by atoms with Gasteiger partial charge in [-0.3, -0.25) is 0 Å². The Labute approximate surface area is 214 Å². The van der Waals surface area contributed by atoms with E-state index >= 15 is 0 Å². The number of furan rings is 1. The molecular weight excluding hydrogens is 470 g/mol. The normalized spacial score (nSPS) is 11.5. The lowest BCUT2D eigenvalue weighted by Crippen LogP contribution is -2.37. The molecule has 7 heteroatoms. The van der Waals surface area contributed by atoms with Gasteiger partial charge in [0.05, 0.1) is 12.3 Å². The lowest BCUT2D eigenvalue weighted by Gasteiger charge is -2.21. The Bertz CT molecular complexity index is 1490. The van der Waals surface area contributed by atoms with Gasteiger partial charge in [0, 0.05) is 22.9 Å². The molecule has 7 nitrogen and oxygen atoms in total. The Kier molecular flexibility index (Phi) is 6.44. The summed E-state index contributed by atoms with van der Waals surface area (Å²) in [5, 5.41) is 10.3. The standard InChI is InChI=1S/C30H27NO6/c1-19-25(16-17-34-23-12-14-24(15-13-23)37-30(2,3)29(32)33)31-28(35-19)21-10-8-20(9-11-21)27-18-22-6-4-5-7-26(22)36-27/h4-15,18H,16-17H2,1-3H3,(H,32,33). The van der Waals surface area contributed by atoms with Crippen molar-refractivity contribution in [1.29, 1.82) is 0 Å². The van der Waals surface area contributed by atoms with E-state index in [-0.39, 0.29) is 0 Å².